The van der Waals surface area contributed by atoms with E-state index in [4.69, 9.17) is 5.73 Å². The predicted molar refractivity (Wildman–Crippen MR) is 52.9 cm³/mol. The molecular weight excluding hydrogens is 208 g/mol. The van der Waals surface area contributed by atoms with Gasteiger partial charge in [-0.15, -0.1) is 11.3 Å². The molecule has 1 aromatic heterocycles. The third-order valence-electron chi connectivity index (χ3n) is 1.96. The van der Waals surface area contributed by atoms with Gasteiger partial charge in [-0.3, -0.25) is 0 Å². The molecule has 0 saturated carbocycles. The molecule has 0 amide bonds. The van der Waals surface area contributed by atoms with Gasteiger partial charge in [-0.05, 0) is 12.1 Å². The summed E-state index contributed by atoms with van der Waals surface area (Å²) in [5.41, 5.74) is 5.50. The molecule has 0 aliphatic carbocycles. The molecular formula is C9H7F2NOS. The largest absolute Gasteiger partial charge is 0.507 e. The van der Waals surface area contributed by atoms with Gasteiger partial charge in [-0.1, -0.05) is 6.07 Å². The lowest BCUT2D eigenvalue weighted by molar-refractivity contribution is 0.156. The van der Waals surface area contributed by atoms with Crippen LogP contribution in [-0.4, -0.2) is 5.11 Å². The topological polar surface area (TPSA) is 46.2 Å². The quantitative estimate of drug-likeness (QED) is 0.767. The number of fused-ring (bicyclic) bond motifs is 1. The lowest BCUT2D eigenvalue weighted by Crippen LogP contribution is -1.88. The normalized spacial score (nSPS) is 11.4. The van der Waals surface area contributed by atoms with Gasteiger partial charge in [0.2, 0.25) is 0 Å². The highest BCUT2D eigenvalue weighted by Gasteiger charge is 2.18. The van der Waals surface area contributed by atoms with Crippen LogP contribution in [0.1, 0.15) is 11.3 Å². The Bertz CT molecular complexity index is 481. The van der Waals surface area contributed by atoms with E-state index in [1.807, 2.05) is 0 Å². The number of anilines is 1. The van der Waals surface area contributed by atoms with Crippen molar-refractivity contribution in [1.82, 2.24) is 0 Å². The van der Waals surface area contributed by atoms with Crippen molar-refractivity contribution in [3.8, 4) is 5.75 Å². The Morgan fingerprint density at radius 2 is 2.07 bits per heavy atom. The molecule has 0 aliphatic rings. The van der Waals surface area contributed by atoms with Crippen LogP contribution in [0, 0.1) is 0 Å². The van der Waals surface area contributed by atoms with E-state index in [1.165, 1.54) is 6.07 Å². The van der Waals surface area contributed by atoms with E-state index in [-0.39, 0.29) is 16.3 Å². The van der Waals surface area contributed by atoms with Crippen molar-refractivity contribution in [3.05, 3.63) is 23.1 Å². The zero-order valence-corrected chi connectivity index (χ0v) is 7.81. The fraction of sp³-hybridized carbons (Fsp3) is 0.111. The van der Waals surface area contributed by atoms with Gasteiger partial charge in [-0.25, -0.2) is 8.78 Å². The van der Waals surface area contributed by atoms with Gasteiger partial charge < -0.3 is 10.8 Å². The van der Waals surface area contributed by atoms with Crippen LogP contribution in [-0.2, 0) is 0 Å². The minimum absolute atomic E-state index is 0.0156. The molecule has 0 aliphatic heterocycles. The van der Waals surface area contributed by atoms with Gasteiger partial charge in [0, 0.05) is 4.70 Å². The third kappa shape index (κ3) is 1.21. The summed E-state index contributed by atoms with van der Waals surface area (Å²) in [5, 5.41) is 9.76. The molecule has 74 valence electrons. The first kappa shape index (κ1) is 9.21. The average molecular weight is 215 g/mol. The summed E-state index contributed by atoms with van der Waals surface area (Å²) in [6.45, 7) is 0. The monoisotopic (exact) mass is 215 g/mol. The number of hydrogen-bond donors (Lipinski definition) is 2. The van der Waals surface area contributed by atoms with E-state index in [2.05, 4.69) is 0 Å². The van der Waals surface area contributed by atoms with E-state index < -0.39 is 6.43 Å². The minimum Gasteiger partial charge on any atom is -0.507 e. The Balaban J connectivity index is 2.81. The number of thiophene rings is 1. The molecule has 5 heteroatoms. The molecule has 0 bridgehead atoms. The average Bonchev–Trinajstić information content (AvgIpc) is 2.45. The standard InChI is InChI=1S/C9H7F2NOS/c10-9(11)8-7(12)6-4(13)2-1-3-5(6)14-8/h1-3,9,13H,12H2. The van der Waals surface area contributed by atoms with Crippen LogP contribution in [0.15, 0.2) is 18.2 Å². The highest BCUT2D eigenvalue weighted by atomic mass is 32.1. The lowest BCUT2D eigenvalue weighted by Gasteiger charge is -1.97. The van der Waals surface area contributed by atoms with E-state index in [9.17, 15) is 13.9 Å². The van der Waals surface area contributed by atoms with Crippen molar-refractivity contribution in [2.24, 2.45) is 0 Å². The van der Waals surface area contributed by atoms with Crippen molar-refractivity contribution >= 4 is 27.1 Å². The zero-order chi connectivity index (χ0) is 10.3. The number of phenolic OH excluding ortho intramolecular Hbond substituents is 1. The number of nitrogens with two attached hydrogens (primary N) is 1. The van der Waals surface area contributed by atoms with Crippen molar-refractivity contribution in [1.29, 1.82) is 0 Å². The van der Waals surface area contributed by atoms with Crippen LogP contribution < -0.4 is 5.73 Å². The Labute approximate surface area is 82.6 Å². The number of halogens is 2. The predicted octanol–water partition coefficient (Wildman–Crippen LogP) is 3.13. The van der Waals surface area contributed by atoms with Crippen LogP contribution in [0.5, 0.6) is 5.75 Å². The maximum atomic E-state index is 12.4. The number of nitrogen functional groups attached to an aromatic ring is 1. The van der Waals surface area contributed by atoms with Crippen molar-refractivity contribution in [2.75, 3.05) is 5.73 Å². The highest BCUT2D eigenvalue weighted by Crippen LogP contribution is 2.42. The molecule has 0 saturated heterocycles. The molecule has 0 atom stereocenters. The van der Waals surface area contributed by atoms with Gasteiger partial charge in [0.05, 0.1) is 16.0 Å². The van der Waals surface area contributed by atoms with Crippen molar-refractivity contribution < 1.29 is 13.9 Å². The number of rotatable bonds is 1. The maximum absolute atomic E-state index is 12.4. The van der Waals surface area contributed by atoms with Crippen LogP contribution in [0.3, 0.4) is 0 Å². The minimum atomic E-state index is -2.59. The summed E-state index contributed by atoms with van der Waals surface area (Å²) < 4.78 is 25.5. The van der Waals surface area contributed by atoms with Crippen molar-refractivity contribution in [2.45, 2.75) is 6.43 Å². The van der Waals surface area contributed by atoms with Crippen LogP contribution >= 0.6 is 11.3 Å². The zero-order valence-electron chi connectivity index (χ0n) is 7.00. The fourth-order valence-electron chi connectivity index (χ4n) is 1.33. The van der Waals surface area contributed by atoms with Crippen LogP contribution in [0.2, 0.25) is 0 Å². The molecule has 14 heavy (non-hydrogen) atoms. The molecule has 0 fully saturated rings. The van der Waals surface area contributed by atoms with E-state index >= 15 is 0 Å². The number of benzene rings is 1. The lowest BCUT2D eigenvalue weighted by atomic mass is 10.2. The Morgan fingerprint density at radius 3 is 2.64 bits per heavy atom. The Morgan fingerprint density at radius 1 is 1.36 bits per heavy atom. The second kappa shape index (κ2) is 3.09. The first-order valence-electron chi connectivity index (χ1n) is 3.89. The maximum Gasteiger partial charge on any atom is 0.274 e. The first-order chi connectivity index (χ1) is 6.61. The van der Waals surface area contributed by atoms with Crippen LogP contribution in [0.25, 0.3) is 10.1 Å². The van der Waals surface area contributed by atoms with Gasteiger partial charge in [0.1, 0.15) is 5.75 Å². The summed E-state index contributed by atoms with van der Waals surface area (Å²) >= 11 is 0.911. The van der Waals surface area contributed by atoms with Gasteiger partial charge in [0.15, 0.2) is 0 Å². The van der Waals surface area contributed by atoms with Gasteiger partial charge in [-0.2, -0.15) is 0 Å². The molecule has 2 nitrogen and oxygen atoms in total. The summed E-state index contributed by atoms with van der Waals surface area (Å²) in [4.78, 5) is -0.179. The first-order valence-corrected chi connectivity index (χ1v) is 4.71. The van der Waals surface area contributed by atoms with Crippen LogP contribution in [0.4, 0.5) is 14.5 Å². The summed E-state index contributed by atoms with van der Waals surface area (Å²) in [5.74, 6) is -0.0526. The molecule has 0 spiro atoms. The Kier molecular flexibility index (Phi) is 2.03. The smallest absolute Gasteiger partial charge is 0.274 e. The molecule has 2 aromatic rings. The van der Waals surface area contributed by atoms with Crippen molar-refractivity contribution in [3.63, 3.8) is 0 Å². The number of alkyl halides is 2. The number of aromatic hydroxyl groups is 1. The number of phenols is 1. The summed E-state index contributed by atoms with van der Waals surface area (Å²) in [7, 11) is 0. The third-order valence-corrected chi connectivity index (χ3v) is 3.14. The molecule has 2 rings (SSSR count). The highest BCUT2D eigenvalue weighted by molar-refractivity contribution is 7.19. The van der Waals surface area contributed by atoms with E-state index in [0.29, 0.717) is 10.1 Å². The fourth-order valence-corrected chi connectivity index (χ4v) is 2.34. The summed E-state index contributed by atoms with van der Waals surface area (Å²) in [6.07, 6.45) is -2.59. The molecule has 1 aromatic carbocycles. The van der Waals surface area contributed by atoms with Gasteiger partial charge in [0.25, 0.3) is 6.43 Å². The Hall–Kier alpha value is -1.36. The second-order valence-corrected chi connectivity index (χ2v) is 3.91. The SMILES string of the molecule is Nc1c(C(F)F)sc2cccc(O)c12. The molecule has 3 N–H and O–H groups in total. The summed E-state index contributed by atoms with van der Waals surface area (Å²) in [6, 6.07) is 4.69. The van der Waals surface area contributed by atoms with E-state index in [1.54, 1.807) is 12.1 Å². The second-order valence-electron chi connectivity index (χ2n) is 2.83. The molecule has 0 radical (unpaired) electrons. The molecule has 1 heterocycles. The molecule has 0 unspecified atom stereocenters. The van der Waals surface area contributed by atoms with E-state index in [0.717, 1.165) is 11.3 Å². The number of hydrogen-bond acceptors (Lipinski definition) is 3. The van der Waals surface area contributed by atoms with Gasteiger partial charge >= 0.3 is 0 Å².